The number of hydrogen-bond donors (Lipinski definition) is 2. The first kappa shape index (κ1) is 16.4. The van der Waals surface area contributed by atoms with E-state index < -0.39 is 11.0 Å². The van der Waals surface area contributed by atoms with Crippen molar-refractivity contribution in [1.29, 1.82) is 0 Å². The number of para-hydroxylation sites is 1. The Morgan fingerprint density at radius 1 is 1.52 bits per heavy atom. The van der Waals surface area contributed by atoms with Crippen molar-refractivity contribution in [2.24, 2.45) is 11.1 Å². The van der Waals surface area contributed by atoms with Gasteiger partial charge >= 0.3 is 0 Å². The van der Waals surface area contributed by atoms with Crippen LogP contribution in [-0.2, 0) is 9.53 Å². The first-order valence-electron chi connectivity index (χ1n) is 7.87. The van der Waals surface area contributed by atoms with Crippen LogP contribution in [0.1, 0.15) is 32.8 Å². The molecule has 1 saturated carbocycles. The van der Waals surface area contributed by atoms with Crippen LogP contribution in [0.2, 0.25) is 0 Å². The van der Waals surface area contributed by atoms with Crippen molar-refractivity contribution in [2.75, 3.05) is 11.9 Å². The summed E-state index contributed by atoms with van der Waals surface area (Å²) in [5, 5.41) is 3.50. The highest BCUT2D eigenvalue weighted by Gasteiger charge is 2.63. The molecule has 0 saturated heterocycles. The third kappa shape index (κ3) is 2.45. The van der Waals surface area contributed by atoms with Crippen molar-refractivity contribution < 1.29 is 9.53 Å². The molecule has 1 aliphatic carbocycles. The van der Waals surface area contributed by atoms with Crippen molar-refractivity contribution in [3.8, 4) is 0 Å². The number of anilines is 1. The number of nitrogens with one attached hydrogen (secondary N) is 1. The fraction of sp³-hybridized carbons (Fsp3) is 0.529. The fourth-order valence-corrected chi connectivity index (χ4v) is 4.11. The molecule has 1 aromatic heterocycles. The van der Waals surface area contributed by atoms with Crippen LogP contribution in [-0.4, -0.2) is 29.1 Å². The molecule has 23 heavy (non-hydrogen) atoms. The molecule has 3 N–H and O–H groups in total. The molecule has 0 spiro atoms. The lowest BCUT2D eigenvalue weighted by atomic mass is 9.54. The molecule has 5 nitrogen and oxygen atoms in total. The second-order valence-electron chi connectivity index (χ2n) is 6.74. The van der Waals surface area contributed by atoms with Crippen molar-refractivity contribution in [3.63, 3.8) is 0 Å². The molecule has 1 aliphatic rings. The third-order valence-electron chi connectivity index (χ3n) is 5.08. The van der Waals surface area contributed by atoms with Crippen LogP contribution in [0, 0.1) is 12.3 Å². The number of carbonyl (C=O) groups is 1. The minimum atomic E-state index is -0.931. The summed E-state index contributed by atoms with van der Waals surface area (Å²) in [4.78, 5) is 17.2. The largest absolute Gasteiger partial charge is 0.378 e. The van der Waals surface area contributed by atoms with E-state index in [1.165, 1.54) is 11.3 Å². The van der Waals surface area contributed by atoms with Gasteiger partial charge < -0.3 is 15.8 Å². The van der Waals surface area contributed by atoms with Gasteiger partial charge in [-0.25, -0.2) is 4.98 Å². The molecule has 1 aromatic carbocycles. The molecule has 2 atom stereocenters. The Hall–Kier alpha value is -1.50. The number of ether oxygens (including phenoxy) is 1. The summed E-state index contributed by atoms with van der Waals surface area (Å²) in [6.45, 7) is 8.57. The highest BCUT2D eigenvalue weighted by Crippen LogP contribution is 2.50. The Balaban J connectivity index is 1.80. The van der Waals surface area contributed by atoms with Gasteiger partial charge in [0.2, 0.25) is 5.91 Å². The molecule has 3 rings (SSSR count). The van der Waals surface area contributed by atoms with Crippen LogP contribution in [0.3, 0.4) is 0 Å². The van der Waals surface area contributed by atoms with Crippen LogP contribution < -0.4 is 11.1 Å². The number of aromatic nitrogens is 1. The van der Waals surface area contributed by atoms with Crippen LogP contribution in [0.4, 0.5) is 5.13 Å². The molecule has 0 radical (unpaired) electrons. The van der Waals surface area contributed by atoms with Gasteiger partial charge in [-0.2, -0.15) is 0 Å². The summed E-state index contributed by atoms with van der Waals surface area (Å²) < 4.78 is 6.74. The molecule has 1 fully saturated rings. The van der Waals surface area contributed by atoms with Crippen LogP contribution in [0.15, 0.2) is 18.2 Å². The van der Waals surface area contributed by atoms with Crippen LogP contribution >= 0.6 is 11.3 Å². The van der Waals surface area contributed by atoms with Gasteiger partial charge in [-0.05, 0) is 25.5 Å². The maximum Gasteiger partial charge on any atom is 0.246 e. The van der Waals surface area contributed by atoms with Crippen molar-refractivity contribution in [1.82, 2.24) is 4.98 Å². The van der Waals surface area contributed by atoms with Gasteiger partial charge in [0, 0.05) is 18.4 Å². The minimum Gasteiger partial charge on any atom is -0.378 e. The van der Waals surface area contributed by atoms with Gasteiger partial charge in [0.05, 0.1) is 16.3 Å². The summed E-state index contributed by atoms with van der Waals surface area (Å²) in [6.07, 6.45) is 0.546. The first-order chi connectivity index (χ1) is 10.8. The maximum absolute atomic E-state index is 12.7. The number of carbonyl (C=O) groups excluding carboxylic acids is 1. The van der Waals surface area contributed by atoms with Gasteiger partial charge in [0.25, 0.3) is 0 Å². The summed E-state index contributed by atoms with van der Waals surface area (Å²) in [7, 11) is 0. The molecule has 6 heteroatoms. The van der Waals surface area contributed by atoms with E-state index in [0.717, 1.165) is 15.8 Å². The average Bonchev–Trinajstić information content (AvgIpc) is 2.90. The van der Waals surface area contributed by atoms with Crippen LogP contribution in [0.25, 0.3) is 10.2 Å². The minimum absolute atomic E-state index is 0.0147. The number of aryl methyl sites for hydroxylation is 1. The second-order valence-corrected chi connectivity index (χ2v) is 7.77. The SMILES string of the molecule is CCOC1CC(N)(C(=O)Nc2nc3c(C)cccc3s2)C1(C)C. The highest BCUT2D eigenvalue weighted by molar-refractivity contribution is 7.22. The van der Waals surface area contributed by atoms with E-state index >= 15 is 0 Å². The zero-order valence-electron chi connectivity index (χ0n) is 14.0. The first-order valence-corrected chi connectivity index (χ1v) is 8.69. The van der Waals surface area contributed by atoms with E-state index in [9.17, 15) is 4.79 Å². The highest BCUT2D eigenvalue weighted by atomic mass is 32.1. The van der Waals surface area contributed by atoms with E-state index in [2.05, 4.69) is 10.3 Å². The summed E-state index contributed by atoms with van der Waals surface area (Å²) >= 11 is 1.47. The van der Waals surface area contributed by atoms with Crippen molar-refractivity contribution >= 4 is 32.6 Å². The van der Waals surface area contributed by atoms with Crippen molar-refractivity contribution in [2.45, 2.75) is 45.8 Å². The lowest BCUT2D eigenvalue weighted by molar-refractivity contribution is -0.166. The van der Waals surface area contributed by atoms with Gasteiger partial charge in [0.15, 0.2) is 5.13 Å². The summed E-state index contributed by atoms with van der Waals surface area (Å²) in [6, 6.07) is 6.01. The Bertz CT molecular complexity index is 755. The van der Waals surface area contributed by atoms with Gasteiger partial charge in [0.1, 0.15) is 5.54 Å². The van der Waals surface area contributed by atoms with E-state index in [4.69, 9.17) is 10.5 Å². The quantitative estimate of drug-likeness (QED) is 0.901. The number of hydrogen-bond acceptors (Lipinski definition) is 5. The number of thiazole rings is 1. The van der Waals surface area contributed by atoms with Crippen LogP contribution in [0.5, 0.6) is 0 Å². The van der Waals surface area contributed by atoms with E-state index in [-0.39, 0.29) is 12.0 Å². The van der Waals surface area contributed by atoms with Gasteiger partial charge in [-0.1, -0.05) is 37.3 Å². The summed E-state index contributed by atoms with van der Waals surface area (Å²) in [5.74, 6) is -0.185. The molecule has 0 aliphatic heterocycles. The standard InChI is InChI=1S/C17H23N3O2S/c1-5-22-12-9-17(18,16(12,3)4)14(21)20-15-19-13-10(2)7-6-8-11(13)23-15/h6-8,12H,5,9,18H2,1-4H3,(H,19,20,21). The number of fused-ring (bicyclic) bond motifs is 1. The number of nitrogens with two attached hydrogens (primary N) is 1. The zero-order chi connectivity index (χ0) is 16.8. The predicted molar refractivity (Wildman–Crippen MR) is 93.7 cm³/mol. The van der Waals surface area contributed by atoms with E-state index in [1.54, 1.807) is 0 Å². The average molecular weight is 333 g/mol. The molecule has 0 bridgehead atoms. The summed E-state index contributed by atoms with van der Waals surface area (Å²) in [5.41, 5.74) is 7.10. The normalized spacial score (nSPS) is 26.0. The smallest absolute Gasteiger partial charge is 0.246 e. The van der Waals surface area contributed by atoms with E-state index in [0.29, 0.717) is 18.2 Å². The topological polar surface area (TPSA) is 77.2 Å². The Morgan fingerprint density at radius 3 is 2.87 bits per heavy atom. The molecule has 2 aromatic rings. The number of nitrogens with zero attached hydrogens (tertiary/aromatic N) is 1. The molecule has 124 valence electrons. The third-order valence-corrected chi connectivity index (χ3v) is 6.01. The molecule has 2 unspecified atom stereocenters. The number of rotatable bonds is 4. The lowest BCUT2D eigenvalue weighted by Gasteiger charge is -2.57. The number of benzene rings is 1. The molecule has 1 heterocycles. The van der Waals surface area contributed by atoms with Gasteiger partial charge in [-0.3, -0.25) is 4.79 Å². The zero-order valence-corrected chi connectivity index (χ0v) is 14.8. The monoisotopic (exact) mass is 333 g/mol. The molecular formula is C17H23N3O2S. The van der Waals surface area contributed by atoms with Gasteiger partial charge in [-0.15, -0.1) is 0 Å². The fourth-order valence-electron chi connectivity index (χ4n) is 3.17. The number of amides is 1. The predicted octanol–water partition coefficient (Wildman–Crippen LogP) is 3.08. The Morgan fingerprint density at radius 2 is 2.26 bits per heavy atom. The lowest BCUT2D eigenvalue weighted by Crippen LogP contribution is -2.74. The molecule has 1 amide bonds. The maximum atomic E-state index is 12.7. The Kier molecular flexibility index (Phi) is 3.94. The second kappa shape index (κ2) is 5.54. The van der Waals surface area contributed by atoms with Crippen molar-refractivity contribution in [3.05, 3.63) is 23.8 Å². The molecular weight excluding hydrogens is 310 g/mol. The Labute approximate surface area is 140 Å². The van der Waals surface area contributed by atoms with E-state index in [1.807, 2.05) is 45.9 Å².